The summed E-state index contributed by atoms with van der Waals surface area (Å²) >= 11 is 0. The molecule has 0 bridgehead atoms. The number of esters is 1. The minimum atomic E-state index is -1.10. The number of likely N-dealkylation sites (tertiary alicyclic amines) is 1. The van der Waals surface area contributed by atoms with Crippen LogP contribution >= 0.6 is 0 Å². The van der Waals surface area contributed by atoms with Crippen molar-refractivity contribution in [3.63, 3.8) is 0 Å². The van der Waals surface area contributed by atoms with Gasteiger partial charge in [0.25, 0.3) is 5.56 Å². The lowest BCUT2D eigenvalue weighted by Gasteiger charge is -2.39. The van der Waals surface area contributed by atoms with Crippen LogP contribution in [0.3, 0.4) is 0 Å². The molecule has 1 aliphatic heterocycles. The average Bonchev–Trinajstić information content (AvgIpc) is 3.52. The highest BCUT2D eigenvalue weighted by Gasteiger charge is 2.48. The number of ether oxygens (including phenoxy) is 1. The SMILES string of the molecule is COC(=O)c1ccc(-c2c3ncn(CC4(O)CCN(C(=O)C5(C)CC5)CC4)c(=O)c3nn2C)cc1. The molecule has 3 aromatic rings. The number of rotatable bonds is 5. The van der Waals surface area contributed by atoms with Crippen molar-refractivity contribution in [2.45, 2.75) is 44.8 Å². The zero-order chi connectivity index (χ0) is 25.0. The third kappa shape index (κ3) is 4.12. The number of carbonyl (C=O) groups is 2. The van der Waals surface area contributed by atoms with Crippen LogP contribution < -0.4 is 5.56 Å². The van der Waals surface area contributed by atoms with Gasteiger partial charge in [0.15, 0.2) is 5.52 Å². The maximum Gasteiger partial charge on any atom is 0.337 e. The largest absolute Gasteiger partial charge is 0.465 e. The number of hydrogen-bond donors (Lipinski definition) is 1. The predicted molar refractivity (Wildman–Crippen MR) is 128 cm³/mol. The van der Waals surface area contributed by atoms with Gasteiger partial charge in [-0.3, -0.25) is 18.8 Å². The number of aromatic nitrogens is 4. The van der Waals surface area contributed by atoms with Crippen molar-refractivity contribution in [3.05, 3.63) is 46.5 Å². The molecule has 1 saturated carbocycles. The molecule has 0 radical (unpaired) electrons. The second-order valence-electron chi connectivity index (χ2n) is 9.99. The van der Waals surface area contributed by atoms with Crippen LogP contribution in [0.25, 0.3) is 22.3 Å². The molecule has 1 N–H and O–H groups in total. The lowest BCUT2D eigenvalue weighted by atomic mass is 9.90. The number of methoxy groups -OCH3 is 1. The Hall–Kier alpha value is -3.53. The van der Waals surface area contributed by atoms with Crippen molar-refractivity contribution in [1.82, 2.24) is 24.2 Å². The Balaban J connectivity index is 1.37. The summed E-state index contributed by atoms with van der Waals surface area (Å²) in [5.41, 5.74) is 0.835. The standard InChI is InChI=1S/C25H29N5O5/c1-24(8-9-24)23(33)29-12-10-25(34,11-13-29)14-30-15-26-18-19(21(30)31)27-28(2)20(18)16-4-6-17(7-5-16)22(32)35-3/h4-7,15,34H,8-14H2,1-3H3. The summed E-state index contributed by atoms with van der Waals surface area (Å²) in [6.07, 6.45) is 4.10. The molecule has 0 unspecified atom stereocenters. The van der Waals surface area contributed by atoms with Crippen molar-refractivity contribution in [1.29, 1.82) is 0 Å². The van der Waals surface area contributed by atoms with E-state index in [0.717, 1.165) is 18.4 Å². The van der Waals surface area contributed by atoms with Crippen molar-refractivity contribution < 1.29 is 19.4 Å². The van der Waals surface area contributed by atoms with E-state index in [1.54, 1.807) is 36.0 Å². The molecule has 5 rings (SSSR count). The molecular formula is C25H29N5O5. The highest BCUT2D eigenvalue weighted by Crippen LogP contribution is 2.47. The number of amides is 1. The molecule has 1 aliphatic carbocycles. The lowest BCUT2D eigenvalue weighted by molar-refractivity contribution is -0.141. The summed E-state index contributed by atoms with van der Waals surface area (Å²) in [4.78, 5) is 43.9. The molecule has 3 heterocycles. The molecule has 1 amide bonds. The minimum Gasteiger partial charge on any atom is -0.465 e. The van der Waals surface area contributed by atoms with Gasteiger partial charge >= 0.3 is 5.97 Å². The Kier molecular flexibility index (Phi) is 5.51. The summed E-state index contributed by atoms with van der Waals surface area (Å²) in [6.45, 7) is 3.04. The highest BCUT2D eigenvalue weighted by atomic mass is 16.5. The summed E-state index contributed by atoms with van der Waals surface area (Å²) in [7, 11) is 3.06. The van der Waals surface area contributed by atoms with Gasteiger partial charge in [-0.05, 0) is 37.8 Å². The molecule has 35 heavy (non-hydrogen) atoms. The Morgan fingerprint density at radius 3 is 2.34 bits per heavy atom. The van der Waals surface area contributed by atoms with Crippen LogP contribution in [0.15, 0.2) is 35.4 Å². The molecule has 2 fully saturated rings. The van der Waals surface area contributed by atoms with E-state index in [0.29, 0.717) is 42.7 Å². The minimum absolute atomic E-state index is 0.0911. The predicted octanol–water partition coefficient (Wildman–Crippen LogP) is 1.74. The van der Waals surface area contributed by atoms with E-state index in [1.165, 1.54) is 18.0 Å². The maximum atomic E-state index is 13.2. The first-order valence-electron chi connectivity index (χ1n) is 11.8. The van der Waals surface area contributed by atoms with Gasteiger partial charge in [0.1, 0.15) is 5.52 Å². The molecule has 2 aliphatic rings. The van der Waals surface area contributed by atoms with Gasteiger partial charge in [-0.1, -0.05) is 19.1 Å². The number of hydrogen-bond acceptors (Lipinski definition) is 7. The molecule has 0 spiro atoms. The van der Waals surface area contributed by atoms with Crippen LogP contribution in [-0.2, 0) is 23.1 Å². The van der Waals surface area contributed by atoms with Crippen molar-refractivity contribution >= 4 is 22.9 Å². The molecule has 1 saturated heterocycles. The molecule has 2 aromatic heterocycles. The molecule has 184 valence electrons. The topological polar surface area (TPSA) is 120 Å². The van der Waals surface area contributed by atoms with E-state index >= 15 is 0 Å². The number of benzene rings is 1. The number of fused-ring (bicyclic) bond motifs is 1. The van der Waals surface area contributed by atoms with Gasteiger partial charge < -0.3 is 14.7 Å². The first kappa shape index (κ1) is 23.2. The van der Waals surface area contributed by atoms with Crippen molar-refractivity contribution in [2.75, 3.05) is 20.2 Å². The summed E-state index contributed by atoms with van der Waals surface area (Å²) in [5.74, 6) is -0.261. The van der Waals surface area contributed by atoms with E-state index in [9.17, 15) is 19.5 Å². The van der Waals surface area contributed by atoms with E-state index in [-0.39, 0.29) is 28.9 Å². The number of carbonyl (C=O) groups excluding carboxylic acids is 2. The normalized spacial score (nSPS) is 18.5. The van der Waals surface area contributed by atoms with Gasteiger partial charge in [-0.25, -0.2) is 9.78 Å². The fourth-order valence-electron chi connectivity index (χ4n) is 4.80. The smallest absolute Gasteiger partial charge is 0.337 e. The van der Waals surface area contributed by atoms with Crippen LogP contribution in [-0.4, -0.2) is 67.0 Å². The molecular weight excluding hydrogens is 450 g/mol. The quantitative estimate of drug-likeness (QED) is 0.554. The Morgan fingerprint density at radius 1 is 1.09 bits per heavy atom. The zero-order valence-electron chi connectivity index (χ0n) is 20.2. The van der Waals surface area contributed by atoms with Crippen LogP contribution in [0.1, 0.15) is 43.0 Å². The Labute approximate surface area is 202 Å². The number of piperidine rings is 1. The third-order valence-electron chi connectivity index (χ3n) is 7.35. The van der Waals surface area contributed by atoms with Crippen LogP contribution in [0.4, 0.5) is 0 Å². The molecule has 0 atom stereocenters. The van der Waals surface area contributed by atoms with Gasteiger partial charge in [0.05, 0.1) is 36.8 Å². The average molecular weight is 480 g/mol. The third-order valence-corrected chi connectivity index (χ3v) is 7.35. The molecule has 1 aromatic carbocycles. The summed E-state index contributed by atoms with van der Waals surface area (Å²) < 4.78 is 7.74. The van der Waals surface area contributed by atoms with Crippen LogP contribution in [0, 0.1) is 5.41 Å². The fourth-order valence-corrected chi connectivity index (χ4v) is 4.80. The van der Waals surface area contributed by atoms with Crippen LogP contribution in [0.5, 0.6) is 0 Å². The fraction of sp³-hybridized carbons (Fsp3) is 0.480. The van der Waals surface area contributed by atoms with E-state index < -0.39 is 11.6 Å². The lowest BCUT2D eigenvalue weighted by Crippen LogP contribution is -2.51. The zero-order valence-corrected chi connectivity index (χ0v) is 20.2. The number of aryl methyl sites for hydroxylation is 1. The highest BCUT2D eigenvalue weighted by molar-refractivity contribution is 5.92. The number of nitrogens with zero attached hydrogens (tertiary/aromatic N) is 5. The van der Waals surface area contributed by atoms with Gasteiger partial charge in [0, 0.05) is 31.1 Å². The Bertz CT molecular complexity index is 1360. The first-order chi connectivity index (χ1) is 16.6. The summed E-state index contributed by atoms with van der Waals surface area (Å²) in [6, 6.07) is 6.82. The maximum absolute atomic E-state index is 13.2. The van der Waals surface area contributed by atoms with Gasteiger partial charge in [0.2, 0.25) is 5.91 Å². The van der Waals surface area contributed by atoms with Crippen molar-refractivity contribution in [2.24, 2.45) is 12.5 Å². The Morgan fingerprint density at radius 2 is 1.74 bits per heavy atom. The van der Waals surface area contributed by atoms with Crippen molar-refractivity contribution in [3.8, 4) is 11.3 Å². The van der Waals surface area contributed by atoms with E-state index in [1.807, 2.05) is 11.8 Å². The monoisotopic (exact) mass is 479 g/mol. The van der Waals surface area contributed by atoms with Gasteiger partial charge in [-0.15, -0.1) is 0 Å². The second kappa shape index (κ2) is 8.30. The van der Waals surface area contributed by atoms with E-state index in [4.69, 9.17) is 4.74 Å². The molecule has 10 nitrogen and oxygen atoms in total. The van der Waals surface area contributed by atoms with Crippen LogP contribution in [0.2, 0.25) is 0 Å². The van der Waals surface area contributed by atoms with Gasteiger partial charge in [-0.2, -0.15) is 5.10 Å². The second-order valence-corrected chi connectivity index (χ2v) is 9.99. The van der Waals surface area contributed by atoms with E-state index in [2.05, 4.69) is 10.1 Å². The summed E-state index contributed by atoms with van der Waals surface area (Å²) in [5, 5.41) is 15.6. The molecule has 10 heteroatoms. The number of aliphatic hydroxyl groups is 1. The first-order valence-corrected chi connectivity index (χ1v) is 11.8.